The fraction of sp³-hybridized carbons (Fsp3) is 0.444. The molecule has 0 amide bonds. The summed E-state index contributed by atoms with van der Waals surface area (Å²) >= 11 is 6.14. The van der Waals surface area contributed by atoms with Crippen molar-refractivity contribution in [3.63, 3.8) is 0 Å². The predicted octanol–water partition coefficient (Wildman–Crippen LogP) is 5.22. The second-order valence-corrected chi connectivity index (χ2v) is 9.56. The SMILES string of the molecule is CCCCCCN1C[C@H](O)[C@@H](n2cc(COC(=O)c3ccccc3)nn2)C[C@H]1c1ccc(Cl)cc1. The Labute approximate surface area is 211 Å². The van der Waals surface area contributed by atoms with E-state index >= 15 is 0 Å². The number of aliphatic hydroxyl groups excluding tert-OH is 1. The molecule has 0 aliphatic carbocycles. The molecule has 4 rings (SSSR count). The van der Waals surface area contributed by atoms with E-state index in [1.165, 1.54) is 24.8 Å². The highest BCUT2D eigenvalue weighted by Crippen LogP contribution is 2.37. The number of β-amino-alcohol motifs (C(OH)–C–C–N with tert-alkyl or cyclic N) is 1. The lowest BCUT2D eigenvalue weighted by Gasteiger charge is -2.42. The van der Waals surface area contributed by atoms with Crippen LogP contribution in [-0.2, 0) is 11.3 Å². The van der Waals surface area contributed by atoms with Crippen LogP contribution in [0.15, 0.2) is 60.8 Å². The van der Waals surface area contributed by atoms with Crippen LogP contribution in [0.4, 0.5) is 0 Å². The van der Waals surface area contributed by atoms with E-state index in [-0.39, 0.29) is 18.7 Å². The summed E-state index contributed by atoms with van der Waals surface area (Å²) in [4.78, 5) is 14.6. The molecule has 1 N–H and O–H groups in total. The normalized spacial score (nSPS) is 20.6. The Bertz CT molecular complexity index is 1070. The highest BCUT2D eigenvalue weighted by molar-refractivity contribution is 6.30. The predicted molar refractivity (Wildman–Crippen MR) is 135 cm³/mol. The van der Waals surface area contributed by atoms with Gasteiger partial charge in [-0.05, 0) is 49.2 Å². The highest BCUT2D eigenvalue weighted by Gasteiger charge is 2.36. The Morgan fingerprint density at radius 1 is 1.11 bits per heavy atom. The van der Waals surface area contributed by atoms with Gasteiger partial charge in [-0.25, -0.2) is 9.48 Å². The van der Waals surface area contributed by atoms with Gasteiger partial charge in [-0.3, -0.25) is 4.90 Å². The van der Waals surface area contributed by atoms with Crippen LogP contribution in [0.5, 0.6) is 0 Å². The zero-order valence-corrected chi connectivity index (χ0v) is 20.8. The maximum Gasteiger partial charge on any atom is 0.338 e. The van der Waals surface area contributed by atoms with Gasteiger partial charge in [0.2, 0.25) is 0 Å². The molecule has 3 atom stereocenters. The number of halogens is 1. The number of likely N-dealkylation sites (tertiary alicyclic amines) is 1. The van der Waals surface area contributed by atoms with Gasteiger partial charge in [0.05, 0.1) is 23.9 Å². The number of aliphatic hydroxyl groups is 1. The van der Waals surface area contributed by atoms with Crippen molar-refractivity contribution in [1.82, 2.24) is 19.9 Å². The Morgan fingerprint density at radius 3 is 2.63 bits per heavy atom. The number of hydrogen-bond donors (Lipinski definition) is 1. The molecule has 1 fully saturated rings. The summed E-state index contributed by atoms with van der Waals surface area (Å²) in [5, 5.41) is 20.2. The first-order valence-electron chi connectivity index (χ1n) is 12.4. The molecule has 186 valence electrons. The molecular formula is C27H33ClN4O3. The number of hydrogen-bond acceptors (Lipinski definition) is 6. The topological polar surface area (TPSA) is 80.5 Å². The third kappa shape index (κ3) is 6.69. The van der Waals surface area contributed by atoms with Gasteiger partial charge in [-0.1, -0.05) is 73.3 Å². The molecule has 1 aliphatic heterocycles. The molecular weight excluding hydrogens is 464 g/mol. The number of aromatic nitrogens is 3. The number of esters is 1. The zero-order chi connectivity index (χ0) is 24.6. The third-order valence-corrected chi connectivity index (χ3v) is 6.84. The average Bonchev–Trinajstić information content (AvgIpc) is 3.35. The minimum absolute atomic E-state index is 0.0285. The van der Waals surface area contributed by atoms with Crippen LogP contribution in [0.2, 0.25) is 5.02 Å². The van der Waals surface area contributed by atoms with E-state index in [0.29, 0.717) is 29.2 Å². The standard InChI is InChI=1S/C27H33ClN4O3/c1-2-3-4-8-15-31-18-26(33)25(16-24(31)20-11-13-22(28)14-12-20)32-17-23(29-30-32)19-35-27(34)21-9-6-5-7-10-21/h5-7,9-14,17,24-26,33H,2-4,8,15-16,18-19H2,1H3/t24-,25-,26-/m0/s1. The van der Waals surface area contributed by atoms with Gasteiger partial charge in [0.1, 0.15) is 12.3 Å². The molecule has 8 heteroatoms. The molecule has 1 aromatic heterocycles. The molecule has 35 heavy (non-hydrogen) atoms. The maximum atomic E-state index is 12.2. The number of benzene rings is 2. The molecule has 1 aliphatic rings. The van der Waals surface area contributed by atoms with Crippen molar-refractivity contribution in [2.75, 3.05) is 13.1 Å². The number of rotatable bonds is 10. The largest absolute Gasteiger partial charge is 0.455 e. The summed E-state index contributed by atoms with van der Waals surface area (Å²) in [5.74, 6) is -0.403. The molecule has 0 spiro atoms. The van der Waals surface area contributed by atoms with Crippen molar-refractivity contribution >= 4 is 17.6 Å². The molecule has 0 radical (unpaired) electrons. The first-order valence-corrected chi connectivity index (χ1v) is 12.7. The van der Waals surface area contributed by atoms with Gasteiger partial charge in [0, 0.05) is 17.6 Å². The molecule has 2 heterocycles. The molecule has 0 saturated carbocycles. The van der Waals surface area contributed by atoms with Crippen molar-refractivity contribution in [2.45, 2.75) is 63.8 Å². The van der Waals surface area contributed by atoms with Gasteiger partial charge in [0.15, 0.2) is 0 Å². The van der Waals surface area contributed by atoms with Crippen molar-refractivity contribution < 1.29 is 14.6 Å². The average molecular weight is 497 g/mol. The lowest BCUT2D eigenvalue weighted by Crippen LogP contribution is -2.46. The highest BCUT2D eigenvalue weighted by atomic mass is 35.5. The van der Waals surface area contributed by atoms with Gasteiger partial charge in [-0.2, -0.15) is 0 Å². The van der Waals surface area contributed by atoms with Crippen LogP contribution >= 0.6 is 11.6 Å². The van der Waals surface area contributed by atoms with Gasteiger partial charge in [-0.15, -0.1) is 5.10 Å². The number of carbonyl (C=O) groups excluding carboxylic acids is 1. The quantitative estimate of drug-likeness (QED) is 0.306. The summed E-state index contributed by atoms with van der Waals surface area (Å²) < 4.78 is 7.10. The number of nitrogens with zero attached hydrogens (tertiary/aromatic N) is 4. The van der Waals surface area contributed by atoms with Crippen LogP contribution in [0.3, 0.4) is 0 Å². The minimum atomic E-state index is -0.578. The third-order valence-electron chi connectivity index (χ3n) is 6.58. The molecule has 7 nitrogen and oxygen atoms in total. The van der Waals surface area contributed by atoms with Gasteiger partial charge >= 0.3 is 5.97 Å². The molecule has 1 saturated heterocycles. The summed E-state index contributed by atoms with van der Waals surface area (Å²) in [6, 6.07) is 16.7. The Morgan fingerprint density at radius 2 is 1.89 bits per heavy atom. The van der Waals surface area contributed by atoms with Crippen LogP contribution in [0.25, 0.3) is 0 Å². The molecule has 0 unspecified atom stereocenters. The van der Waals surface area contributed by atoms with E-state index in [2.05, 4.69) is 34.3 Å². The van der Waals surface area contributed by atoms with Crippen LogP contribution in [0.1, 0.15) is 72.7 Å². The minimum Gasteiger partial charge on any atom is -0.455 e. The monoisotopic (exact) mass is 496 g/mol. The van der Waals surface area contributed by atoms with Crippen LogP contribution in [-0.4, -0.2) is 50.2 Å². The van der Waals surface area contributed by atoms with Crippen molar-refractivity contribution in [1.29, 1.82) is 0 Å². The lowest BCUT2D eigenvalue weighted by atomic mass is 9.89. The lowest BCUT2D eigenvalue weighted by molar-refractivity contribution is -0.0102. The van der Waals surface area contributed by atoms with Gasteiger partial charge in [0.25, 0.3) is 0 Å². The van der Waals surface area contributed by atoms with Crippen molar-refractivity contribution in [3.05, 3.63) is 82.6 Å². The first kappa shape index (κ1) is 25.4. The Hall–Kier alpha value is -2.74. The Balaban J connectivity index is 1.44. The van der Waals surface area contributed by atoms with E-state index in [1.807, 2.05) is 18.2 Å². The molecule has 3 aromatic rings. The maximum absolute atomic E-state index is 12.2. The summed E-state index contributed by atoms with van der Waals surface area (Å²) in [7, 11) is 0. The first-order chi connectivity index (χ1) is 17.0. The summed E-state index contributed by atoms with van der Waals surface area (Å²) in [5.41, 5.74) is 2.22. The fourth-order valence-electron chi connectivity index (χ4n) is 4.67. The van der Waals surface area contributed by atoms with E-state index < -0.39 is 12.1 Å². The van der Waals surface area contributed by atoms with Gasteiger partial charge < -0.3 is 9.84 Å². The van der Waals surface area contributed by atoms with Crippen LogP contribution < -0.4 is 0 Å². The molecule has 2 aromatic carbocycles. The van der Waals surface area contributed by atoms with E-state index in [4.69, 9.17) is 16.3 Å². The van der Waals surface area contributed by atoms with Crippen molar-refractivity contribution in [3.8, 4) is 0 Å². The van der Waals surface area contributed by atoms with Crippen molar-refractivity contribution in [2.24, 2.45) is 0 Å². The van der Waals surface area contributed by atoms with E-state index in [9.17, 15) is 9.90 Å². The fourth-order valence-corrected chi connectivity index (χ4v) is 4.79. The summed E-state index contributed by atoms with van der Waals surface area (Å²) in [6.45, 7) is 3.73. The number of ether oxygens (including phenoxy) is 1. The smallest absolute Gasteiger partial charge is 0.338 e. The molecule has 0 bridgehead atoms. The second-order valence-electron chi connectivity index (χ2n) is 9.13. The number of piperidine rings is 1. The Kier molecular flexibility index (Phi) is 8.90. The van der Waals surface area contributed by atoms with E-state index in [0.717, 1.165) is 13.0 Å². The number of carbonyl (C=O) groups is 1. The van der Waals surface area contributed by atoms with E-state index in [1.54, 1.807) is 35.1 Å². The zero-order valence-electron chi connectivity index (χ0n) is 20.1. The second kappa shape index (κ2) is 12.3. The summed E-state index contributed by atoms with van der Waals surface area (Å²) in [6.07, 6.45) is 6.60. The number of unbranched alkanes of at least 4 members (excludes halogenated alkanes) is 3. The van der Waals surface area contributed by atoms with Crippen LogP contribution in [0, 0.1) is 0 Å².